The Bertz CT molecular complexity index is 487. The van der Waals surface area contributed by atoms with Crippen LogP contribution >= 0.6 is 11.6 Å². The highest BCUT2D eigenvalue weighted by Crippen LogP contribution is 2.23. The van der Waals surface area contributed by atoms with Gasteiger partial charge in [-0.15, -0.1) is 0 Å². The van der Waals surface area contributed by atoms with Gasteiger partial charge in [0.2, 0.25) is 5.91 Å². The third-order valence-electron chi connectivity index (χ3n) is 2.93. The van der Waals surface area contributed by atoms with E-state index >= 15 is 0 Å². The summed E-state index contributed by atoms with van der Waals surface area (Å²) in [6.45, 7) is 5.30. The lowest BCUT2D eigenvalue weighted by molar-refractivity contribution is -0.128. The van der Waals surface area contributed by atoms with Crippen molar-refractivity contribution in [2.45, 2.75) is 13.8 Å². The lowest BCUT2D eigenvalue weighted by Crippen LogP contribution is -2.35. The van der Waals surface area contributed by atoms with Crippen LogP contribution in [0.2, 0.25) is 5.02 Å². The second-order valence-electron chi connectivity index (χ2n) is 4.11. The number of amides is 1. The maximum atomic E-state index is 11.9. The maximum absolute atomic E-state index is 11.9. The summed E-state index contributed by atoms with van der Waals surface area (Å²) in [7, 11) is 1.31. The van der Waals surface area contributed by atoms with Crippen molar-refractivity contribution in [1.82, 2.24) is 4.90 Å². The number of likely N-dealkylation sites (N-methyl/N-ethyl adjacent to an activating group) is 1. The summed E-state index contributed by atoms with van der Waals surface area (Å²) < 4.78 is 4.64. The summed E-state index contributed by atoms with van der Waals surface area (Å²) >= 11 is 6.04. The van der Waals surface area contributed by atoms with Gasteiger partial charge in [-0.1, -0.05) is 11.6 Å². The first-order chi connectivity index (χ1) is 9.53. The normalized spacial score (nSPS) is 10.0. The molecule has 1 rings (SSSR count). The first kappa shape index (κ1) is 16.3. The molecule has 0 fully saturated rings. The SMILES string of the molecule is CCN(CC)C(=O)CNc1cc(C(=O)OC)ccc1Cl. The van der Waals surface area contributed by atoms with Gasteiger partial charge in [-0.3, -0.25) is 4.79 Å². The van der Waals surface area contributed by atoms with Gasteiger partial charge in [0.15, 0.2) is 0 Å². The standard InChI is InChI=1S/C14H19ClN2O3/c1-4-17(5-2)13(18)9-16-12-8-10(14(19)20-3)6-7-11(12)15/h6-8,16H,4-5,9H2,1-3H3. The fraction of sp³-hybridized carbons (Fsp3) is 0.429. The number of nitrogens with one attached hydrogen (secondary N) is 1. The Morgan fingerprint density at radius 3 is 2.50 bits per heavy atom. The third kappa shape index (κ3) is 4.13. The number of halogens is 1. The van der Waals surface area contributed by atoms with Gasteiger partial charge in [0.05, 0.1) is 29.9 Å². The minimum atomic E-state index is -0.445. The predicted octanol–water partition coefficient (Wildman–Crippen LogP) is 2.41. The summed E-state index contributed by atoms with van der Waals surface area (Å²) in [5.41, 5.74) is 0.921. The predicted molar refractivity (Wildman–Crippen MR) is 79.2 cm³/mol. The number of esters is 1. The lowest BCUT2D eigenvalue weighted by Gasteiger charge is -2.19. The number of hydrogen-bond acceptors (Lipinski definition) is 4. The molecule has 0 aliphatic rings. The van der Waals surface area contributed by atoms with E-state index < -0.39 is 5.97 Å². The zero-order chi connectivity index (χ0) is 15.1. The summed E-state index contributed by atoms with van der Waals surface area (Å²) in [5, 5.41) is 3.40. The van der Waals surface area contributed by atoms with E-state index in [9.17, 15) is 9.59 Å². The minimum absolute atomic E-state index is 0.0189. The molecule has 110 valence electrons. The van der Waals surface area contributed by atoms with Crippen molar-refractivity contribution in [1.29, 1.82) is 0 Å². The molecule has 1 amide bonds. The van der Waals surface area contributed by atoms with Gasteiger partial charge in [0.1, 0.15) is 0 Å². The van der Waals surface area contributed by atoms with E-state index in [1.165, 1.54) is 7.11 Å². The highest BCUT2D eigenvalue weighted by Gasteiger charge is 2.12. The Morgan fingerprint density at radius 2 is 1.95 bits per heavy atom. The Labute approximate surface area is 123 Å². The van der Waals surface area contributed by atoms with Crippen molar-refractivity contribution in [3.63, 3.8) is 0 Å². The number of anilines is 1. The van der Waals surface area contributed by atoms with Crippen LogP contribution < -0.4 is 5.32 Å². The van der Waals surface area contributed by atoms with Gasteiger partial charge >= 0.3 is 5.97 Å². The number of nitrogens with zero attached hydrogens (tertiary/aromatic N) is 1. The monoisotopic (exact) mass is 298 g/mol. The van der Waals surface area contributed by atoms with Crippen LogP contribution in [0.3, 0.4) is 0 Å². The molecule has 6 heteroatoms. The van der Waals surface area contributed by atoms with Gasteiger partial charge < -0.3 is 15.0 Å². The average Bonchev–Trinajstić information content (AvgIpc) is 2.46. The molecule has 1 aromatic rings. The first-order valence-electron chi connectivity index (χ1n) is 6.43. The number of rotatable bonds is 6. The van der Waals surface area contributed by atoms with E-state index in [1.807, 2.05) is 13.8 Å². The number of carbonyl (C=O) groups is 2. The second kappa shape index (κ2) is 7.75. The molecule has 0 spiro atoms. The quantitative estimate of drug-likeness (QED) is 0.819. The van der Waals surface area contributed by atoms with E-state index in [0.717, 1.165) is 0 Å². The fourth-order valence-corrected chi connectivity index (χ4v) is 1.95. The Balaban J connectivity index is 2.77. The molecule has 0 aromatic heterocycles. The molecule has 20 heavy (non-hydrogen) atoms. The molecule has 0 heterocycles. The van der Waals surface area contributed by atoms with Gasteiger partial charge in [-0.05, 0) is 32.0 Å². The number of hydrogen-bond donors (Lipinski definition) is 1. The molecular formula is C14H19ClN2O3. The number of ether oxygens (including phenoxy) is 1. The zero-order valence-corrected chi connectivity index (χ0v) is 12.7. The summed E-state index contributed by atoms with van der Waals surface area (Å²) in [4.78, 5) is 25.1. The van der Waals surface area contributed by atoms with Crippen LogP contribution in [-0.4, -0.2) is 43.5 Å². The fourth-order valence-electron chi connectivity index (χ4n) is 1.76. The molecule has 0 saturated carbocycles. The number of methoxy groups -OCH3 is 1. The van der Waals surface area contributed by atoms with Crippen LogP contribution in [0.4, 0.5) is 5.69 Å². The molecule has 1 aromatic carbocycles. The van der Waals surface area contributed by atoms with Crippen molar-refractivity contribution in [3.05, 3.63) is 28.8 Å². The average molecular weight is 299 g/mol. The summed E-state index contributed by atoms with van der Waals surface area (Å²) in [6, 6.07) is 4.74. The molecule has 5 nitrogen and oxygen atoms in total. The van der Waals surface area contributed by atoms with Crippen molar-refractivity contribution in [2.75, 3.05) is 32.1 Å². The van der Waals surface area contributed by atoms with Crippen molar-refractivity contribution < 1.29 is 14.3 Å². The largest absolute Gasteiger partial charge is 0.465 e. The van der Waals surface area contributed by atoms with E-state index in [1.54, 1.807) is 23.1 Å². The highest BCUT2D eigenvalue weighted by molar-refractivity contribution is 6.33. The van der Waals surface area contributed by atoms with Crippen LogP contribution in [-0.2, 0) is 9.53 Å². The molecular weight excluding hydrogens is 280 g/mol. The molecule has 0 unspecified atom stereocenters. The van der Waals surface area contributed by atoms with Gasteiger partial charge in [-0.2, -0.15) is 0 Å². The second-order valence-corrected chi connectivity index (χ2v) is 4.51. The van der Waals surface area contributed by atoms with Crippen LogP contribution in [0.1, 0.15) is 24.2 Å². The molecule has 1 N–H and O–H groups in total. The Kier molecular flexibility index (Phi) is 6.31. The van der Waals surface area contributed by atoms with E-state index in [-0.39, 0.29) is 12.5 Å². The number of benzene rings is 1. The van der Waals surface area contributed by atoms with E-state index in [0.29, 0.717) is 29.4 Å². The number of carbonyl (C=O) groups excluding carboxylic acids is 2. The lowest BCUT2D eigenvalue weighted by atomic mass is 10.2. The zero-order valence-electron chi connectivity index (χ0n) is 11.9. The van der Waals surface area contributed by atoms with Gasteiger partial charge in [0.25, 0.3) is 0 Å². The molecule has 0 saturated heterocycles. The molecule has 0 atom stereocenters. The van der Waals surface area contributed by atoms with Crippen molar-refractivity contribution in [3.8, 4) is 0 Å². The van der Waals surface area contributed by atoms with Crippen LogP contribution in [0.25, 0.3) is 0 Å². The molecule has 0 radical (unpaired) electrons. The third-order valence-corrected chi connectivity index (χ3v) is 3.26. The van der Waals surface area contributed by atoms with Crippen molar-refractivity contribution in [2.24, 2.45) is 0 Å². The highest BCUT2D eigenvalue weighted by atomic mass is 35.5. The maximum Gasteiger partial charge on any atom is 0.337 e. The van der Waals surface area contributed by atoms with Gasteiger partial charge in [0, 0.05) is 13.1 Å². The van der Waals surface area contributed by atoms with E-state index in [2.05, 4.69) is 10.1 Å². The Hall–Kier alpha value is -1.75. The molecule has 0 aliphatic heterocycles. The molecule has 0 aliphatic carbocycles. The van der Waals surface area contributed by atoms with Crippen LogP contribution in [0.15, 0.2) is 18.2 Å². The Morgan fingerprint density at radius 1 is 1.30 bits per heavy atom. The first-order valence-corrected chi connectivity index (χ1v) is 6.80. The van der Waals surface area contributed by atoms with Gasteiger partial charge in [-0.25, -0.2) is 4.79 Å². The molecule has 0 bridgehead atoms. The van der Waals surface area contributed by atoms with Crippen LogP contribution in [0.5, 0.6) is 0 Å². The summed E-state index contributed by atoms with van der Waals surface area (Å²) in [5.74, 6) is -0.464. The smallest absolute Gasteiger partial charge is 0.337 e. The van der Waals surface area contributed by atoms with Crippen LogP contribution in [0, 0.1) is 0 Å². The minimum Gasteiger partial charge on any atom is -0.465 e. The van der Waals surface area contributed by atoms with E-state index in [4.69, 9.17) is 11.6 Å². The topological polar surface area (TPSA) is 58.6 Å². The van der Waals surface area contributed by atoms with Crippen molar-refractivity contribution >= 4 is 29.2 Å². The summed E-state index contributed by atoms with van der Waals surface area (Å²) in [6.07, 6.45) is 0.